The van der Waals surface area contributed by atoms with Gasteiger partial charge < -0.3 is 15.0 Å². The van der Waals surface area contributed by atoms with Gasteiger partial charge in [-0.2, -0.15) is 0 Å². The Morgan fingerprint density at radius 2 is 2.19 bits per heavy atom. The molecule has 0 bridgehead atoms. The maximum absolute atomic E-state index is 12.4. The molecule has 0 spiro atoms. The molecule has 3 saturated heterocycles. The fourth-order valence-electron chi connectivity index (χ4n) is 3.86. The molecule has 3 heterocycles. The second kappa shape index (κ2) is 5.57. The number of likely N-dealkylation sites (N-methyl/N-ethyl adjacent to an activating group) is 1. The molecule has 0 saturated carbocycles. The van der Waals surface area contributed by atoms with Gasteiger partial charge in [-0.1, -0.05) is 0 Å². The van der Waals surface area contributed by atoms with Gasteiger partial charge in [0, 0.05) is 32.7 Å². The lowest BCUT2D eigenvalue weighted by molar-refractivity contribution is -0.132. The topological polar surface area (TPSA) is 61.9 Å². The zero-order valence-corrected chi connectivity index (χ0v) is 12.9. The molecule has 0 aromatic rings. The number of hydrogen-bond donors (Lipinski definition) is 1. The first kappa shape index (κ1) is 14.8. The van der Waals surface area contributed by atoms with Crippen LogP contribution < -0.4 is 5.32 Å². The molecule has 3 rings (SSSR count). The highest BCUT2D eigenvalue weighted by Gasteiger charge is 2.51. The fraction of sp³-hybridized carbons (Fsp3) is 0.867. The molecule has 6 nitrogen and oxygen atoms in total. The number of ether oxygens (including phenoxy) is 1. The van der Waals surface area contributed by atoms with Gasteiger partial charge in [-0.3, -0.25) is 9.69 Å². The van der Waals surface area contributed by atoms with Crippen LogP contribution in [-0.4, -0.2) is 67.2 Å². The van der Waals surface area contributed by atoms with Gasteiger partial charge in [0.1, 0.15) is 5.54 Å². The number of amides is 3. The summed E-state index contributed by atoms with van der Waals surface area (Å²) in [6.07, 6.45) is 3.21. The van der Waals surface area contributed by atoms with Crippen LogP contribution in [0.2, 0.25) is 0 Å². The number of hydrogen-bond acceptors (Lipinski definition) is 4. The van der Waals surface area contributed by atoms with E-state index in [0.29, 0.717) is 5.92 Å². The van der Waals surface area contributed by atoms with Crippen LogP contribution in [0.4, 0.5) is 4.79 Å². The first-order valence-corrected chi connectivity index (χ1v) is 7.91. The van der Waals surface area contributed by atoms with E-state index in [-0.39, 0.29) is 17.9 Å². The quantitative estimate of drug-likeness (QED) is 0.778. The van der Waals surface area contributed by atoms with E-state index < -0.39 is 5.54 Å². The predicted molar refractivity (Wildman–Crippen MR) is 77.8 cm³/mol. The lowest BCUT2D eigenvalue weighted by Gasteiger charge is -2.40. The second-order valence-electron chi connectivity index (χ2n) is 6.83. The number of nitrogens with one attached hydrogen (secondary N) is 1. The highest BCUT2D eigenvalue weighted by molar-refractivity contribution is 6.06. The number of piperidine rings is 1. The Morgan fingerprint density at radius 3 is 2.81 bits per heavy atom. The van der Waals surface area contributed by atoms with E-state index in [2.05, 4.69) is 10.2 Å². The summed E-state index contributed by atoms with van der Waals surface area (Å²) >= 11 is 0. The van der Waals surface area contributed by atoms with Crippen LogP contribution in [0.1, 0.15) is 26.2 Å². The summed E-state index contributed by atoms with van der Waals surface area (Å²) in [5.41, 5.74) is -0.739. The Morgan fingerprint density at radius 1 is 1.38 bits per heavy atom. The zero-order valence-electron chi connectivity index (χ0n) is 12.9. The lowest BCUT2D eigenvalue weighted by atomic mass is 9.79. The van der Waals surface area contributed by atoms with E-state index in [1.807, 2.05) is 6.92 Å². The summed E-state index contributed by atoms with van der Waals surface area (Å²) < 4.78 is 5.45. The van der Waals surface area contributed by atoms with E-state index in [4.69, 9.17) is 4.74 Å². The van der Waals surface area contributed by atoms with Crippen molar-refractivity contribution in [1.29, 1.82) is 0 Å². The number of nitrogens with zero attached hydrogens (tertiary/aromatic N) is 2. The van der Waals surface area contributed by atoms with Crippen molar-refractivity contribution in [2.45, 2.75) is 31.7 Å². The second-order valence-corrected chi connectivity index (χ2v) is 6.83. The van der Waals surface area contributed by atoms with Crippen molar-refractivity contribution in [2.75, 3.05) is 39.9 Å². The Labute approximate surface area is 125 Å². The van der Waals surface area contributed by atoms with Gasteiger partial charge in [0.05, 0.1) is 6.61 Å². The zero-order chi connectivity index (χ0) is 15.0. The highest BCUT2D eigenvalue weighted by atomic mass is 16.5. The van der Waals surface area contributed by atoms with Crippen LogP contribution >= 0.6 is 0 Å². The molecule has 3 amide bonds. The van der Waals surface area contributed by atoms with Gasteiger partial charge in [-0.05, 0) is 38.6 Å². The normalized spacial score (nSPS) is 38.1. The first-order valence-electron chi connectivity index (χ1n) is 7.91. The third-order valence-electron chi connectivity index (χ3n) is 5.28. The number of imide groups is 1. The van der Waals surface area contributed by atoms with Crippen LogP contribution in [0.25, 0.3) is 0 Å². The van der Waals surface area contributed by atoms with Crippen molar-refractivity contribution < 1.29 is 14.3 Å². The molecule has 6 heteroatoms. The van der Waals surface area contributed by atoms with Crippen molar-refractivity contribution in [3.8, 4) is 0 Å². The molecule has 3 aliphatic rings. The van der Waals surface area contributed by atoms with Gasteiger partial charge >= 0.3 is 6.03 Å². The van der Waals surface area contributed by atoms with Gasteiger partial charge in [0.15, 0.2) is 0 Å². The summed E-state index contributed by atoms with van der Waals surface area (Å²) in [6, 6.07) is -0.274. The van der Waals surface area contributed by atoms with Crippen LogP contribution in [0.5, 0.6) is 0 Å². The van der Waals surface area contributed by atoms with Crippen LogP contribution in [0.3, 0.4) is 0 Å². The summed E-state index contributed by atoms with van der Waals surface area (Å²) in [4.78, 5) is 27.8. The smallest absolute Gasteiger partial charge is 0.324 e. The monoisotopic (exact) mass is 295 g/mol. The largest absolute Gasteiger partial charge is 0.381 e. The SMILES string of the molecule is CN1C(=O)N[C@](C)([C@@H]2CCCN(C[C@H]3CCOC3)C2)C1=O. The van der Waals surface area contributed by atoms with Crippen molar-refractivity contribution in [3.63, 3.8) is 0 Å². The molecule has 0 aliphatic carbocycles. The van der Waals surface area contributed by atoms with E-state index in [9.17, 15) is 9.59 Å². The summed E-state index contributed by atoms with van der Waals surface area (Å²) in [5, 5.41) is 2.90. The molecule has 118 valence electrons. The van der Waals surface area contributed by atoms with Gasteiger partial charge in [-0.25, -0.2) is 4.79 Å². The maximum Gasteiger partial charge on any atom is 0.324 e. The van der Waals surface area contributed by atoms with Crippen molar-refractivity contribution in [2.24, 2.45) is 11.8 Å². The van der Waals surface area contributed by atoms with Gasteiger partial charge in [-0.15, -0.1) is 0 Å². The van der Waals surface area contributed by atoms with Crippen LogP contribution in [0, 0.1) is 11.8 Å². The number of likely N-dealkylation sites (tertiary alicyclic amines) is 1. The van der Waals surface area contributed by atoms with E-state index in [0.717, 1.165) is 52.1 Å². The lowest BCUT2D eigenvalue weighted by Crippen LogP contribution is -2.56. The molecule has 1 N–H and O–H groups in total. The van der Waals surface area contributed by atoms with E-state index in [1.165, 1.54) is 4.90 Å². The van der Waals surface area contributed by atoms with Crippen molar-refractivity contribution in [3.05, 3.63) is 0 Å². The number of urea groups is 1. The van der Waals surface area contributed by atoms with E-state index >= 15 is 0 Å². The molecule has 3 atom stereocenters. The Bertz CT molecular complexity index is 436. The number of rotatable bonds is 3. The average Bonchev–Trinajstić information content (AvgIpc) is 3.04. The van der Waals surface area contributed by atoms with Gasteiger partial charge in [0.25, 0.3) is 5.91 Å². The number of carbonyl (C=O) groups excluding carboxylic acids is 2. The van der Waals surface area contributed by atoms with Gasteiger partial charge in [0.2, 0.25) is 0 Å². The predicted octanol–water partition coefficient (Wildman–Crippen LogP) is 0.675. The minimum absolute atomic E-state index is 0.0939. The average molecular weight is 295 g/mol. The molecular weight excluding hydrogens is 270 g/mol. The van der Waals surface area contributed by atoms with Crippen molar-refractivity contribution in [1.82, 2.24) is 15.1 Å². The minimum Gasteiger partial charge on any atom is -0.381 e. The van der Waals surface area contributed by atoms with Crippen LogP contribution in [0.15, 0.2) is 0 Å². The standard InChI is InChI=1S/C15H25N3O3/c1-15(13(19)17(2)14(20)16-15)12-4-3-6-18(9-12)8-11-5-7-21-10-11/h11-12H,3-10H2,1-2H3,(H,16,20)/t11-,12-,15-/m1/s1. The Kier molecular flexibility index (Phi) is 3.92. The molecular formula is C15H25N3O3. The molecule has 0 aromatic carbocycles. The molecule has 3 aliphatic heterocycles. The maximum atomic E-state index is 12.4. The number of carbonyl (C=O) groups is 2. The molecule has 0 radical (unpaired) electrons. The summed E-state index contributed by atoms with van der Waals surface area (Å²) in [7, 11) is 1.55. The molecule has 0 unspecified atom stereocenters. The summed E-state index contributed by atoms with van der Waals surface area (Å²) in [5.74, 6) is 0.714. The molecule has 0 aromatic heterocycles. The fourth-order valence-corrected chi connectivity index (χ4v) is 3.86. The van der Waals surface area contributed by atoms with Crippen molar-refractivity contribution >= 4 is 11.9 Å². The summed E-state index contributed by atoms with van der Waals surface area (Å²) in [6.45, 7) is 6.62. The Balaban J connectivity index is 1.65. The Hall–Kier alpha value is -1.14. The molecule has 21 heavy (non-hydrogen) atoms. The highest BCUT2D eigenvalue weighted by Crippen LogP contribution is 2.32. The molecule has 3 fully saturated rings. The van der Waals surface area contributed by atoms with Crippen LogP contribution in [-0.2, 0) is 9.53 Å². The minimum atomic E-state index is -0.739. The van der Waals surface area contributed by atoms with E-state index in [1.54, 1.807) is 7.05 Å². The third kappa shape index (κ3) is 2.66. The third-order valence-corrected chi connectivity index (χ3v) is 5.28. The first-order chi connectivity index (χ1) is 10.0.